The highest BCUT2D eigenvalue weighted by atomic mass is 32.2. The van der Waals surface area contributed by atoms with E-state index in [0.717, 1.165) is 122 Å². The van der Waals surface area contributed by atoms with Gasteiger partial charge in [-0.2, -0.15) is 47.0 Å². The fourth-order valence-electron chi connectivity index (χ4n) is 8.32. The van der Waals surface area contributed by atoms with Gasteiger partial charge >= 0.3 is 11.9 Å². The molecule has 548 valence electrons. The number of unbranched alkanes of at least 4 members (excludes halogenated alkanes) is 4. The van der Waals surface area contributed by atoms with Crippen LogP contribution in [0.15, 0.2) is 0 Å². The lowest BCUT2D eigenvalue weighted by atomic mass is 10.1. The summed E-state index contributed by atoms with van der Waals surface area (Å²) < 4.78 is 0. The van der Waals surface area contributed by atoms with Gasteiger partial charge in [-0.25, -0.2) is 9.69 Å². The van der Waals surface area contributed by atoms with Crippen LogP contribution in [-0.2, 0) is 47.9 Å². The van der Waals surface area contributed by atoms with Gasteiger partial charge in [0.15, 0.2) is 0 Å². The number of primary amides is 2. The summed E-state index contributed by atoms with van der Waals surface area (Å²) in [6, 6.07) is 1.94. The maximum Gasteiger partial charge on any atom is 0.374 e. The first-order chi connectivity index (χ1) is 43.6. The van der Waals surface area contributed by atoms with E-state index in [1.165, 1.54) is 44.3 Å². The number of carbonyl (C=O) groups is 10. The first-order valence-electron chi connectivity index (χ1n) is 34.9. The van der Waals surface area contributed by atoms with Crippen LogP contribution in [0.1, 0.15) is 248 Å². The van der Waals surface area contributed by atoms with Crippen LogP contribution >= 0.6 is 47.0 Å². The molecular formula is C69H138N9O11S4+. The molecule has 0 spiro atoms. The Morgan fingerprint density at radius 2 is 0.914 bits per heavy atom. The highest BCUT2D eigenvalue weighted by Crippen LogP contribution is 2.18. The molecule has 3 heterocycles. The van der Waals surface area contributed by atoms with Gasteiger partial charge in [-0.3, -0.25) is 43.2 Å². The summed E-state index contributed by atoms with van der Waals surface area (Å²) in [6.45, 7) is 44.1. The summed E-state index contributed by atoms with van der Waals surface area (Å²) in [4.78, 5) is 114. The third kappa shape index (κ3) is 55.0. The number of carboxylic acid groups (broad SMARTS) is 1. The molecule has 3 fully saturated rings. The first-order valence-corrected chi connectivity index (χ1v) is 39.5. The van der Waals surface area contributed by atoms with Crippen molar-refractivity contribution in [1.29, 1.82) is 0 Å². The number of likely N-dealkylation sites (tertiary alicyclic amines) is 2. The van der Waals surface area contributed by atoms with Gasteiger partial charge in [0.25, 0.3) is 0 Å². The van der Waals surface area contributed by atoms with Gasteiger partial charge < -0.3 is 47.6 Å². The van der Waals surface area contributed by atoms with Gasteiger partial charge in [0, 0.05) is 117 Å². The monoisotopic (exact) mass is 1400 g/mol. The van der Waals surface area contributed by atoms with E-state index in [1.54, 1.807) is 30.4 Å². The second kappa shape index (κ2) is 61.8. The van der Waals surface area contributed by atoms with E-state index in [1.807, 2.05) is 95.6 Å². The minimum absolute atomic E-state index is 0.0249. The Hall–Kier alpha value is -3.74. The van der Waals surface area contributed by atoms with Crippen molar-refractivity contribution in [3.05, 3.63) is 0 Å². The van der Waals surface area contributed by atoms with E-state index in [-0.39, 0.29) is 77.9 Å². The van der Waals surface area contributed by atoms with Gasteiger partial charge in [-0.1, -0.05) is 109 Å². The second-order valence-corrected chi connectivity index (χ2v) is 29.8. The molecule has 0 bridgehead atoms. The van der Waals surface area contributed by atoms with Gasteiger partial charge in [-0.15, -0.1) is 0 Å². The number of nitrogens with two attached hydrogens (primary N) is 2. The lowest BCUT2D eigenvalue weighted by molar-refractivity contribution is -0.780. The predicted molar refractivity (Wildman–Crippen MR) is 396 cm³/mol. The molecule has 93 heavy (non-hydrogen) atoms. The van der Waals surface area contributed by atoms with E-state index < -0.39 is 11.9 Å². The topological polar surface area (TPSA) is 302 Å². The molecule has 0 radical (unpaired) electrons. The van der Waals surface area contributed by atoms with E-state index in [0.29, 0.717) is 41.9 Å². The standard InChI is InChI=1S/C10H20N2O2S.C10H19NO3S.C9H19NOS.C8H17NOS.3C8H15NO.C8H17NO/c1-3-4-5-15-7-8(2)10(14)12-6-9(11)13;1-3-4-5-15-7-8(2)10(14)11-6-9(12)13;1-4-5-6-12-7-8(2)10-9(3)11;1-3-4-5-11-6-7(2)8(9)10;1-5-8(4)7(10)9(8)6(2)3;2*1-3-7(2)9-6-4-5-8(9)10;1-5-7(4)8(10)9-6(2)3/h8H,3-7H2,1-2H3,(H2,11,13)(H,12,14);8H,3-7H2,1-2H3,(H,11,14)(H,12,13);8H,4-7H2,1-3H3,(H,10,11);7H,3-6H2,1-2H3,(H2,9,10);6H,5H2,1-4H3;2*7H,3-6H2,1-2H3;6-7H,5H2,1-4H3,(H,9,10)/p+1. The van der Waals surface area contributed by atoms with Crippen LogP contribution < -0.4 is 37.6 Å². The van der Waals surface area contributed by atoms with Gasteiger partial charge in [0.1, 0.15) is 6.54 Å². The summed E-state index contributed by atoms with van der Waals surface area (Å²) in [6.07, 6.45) is 17.3. The molecule has 3 aliphatic rings. The SMILES string of the molecule is CCC(C)C(=O)NC(C)C.CCC(C)N1CCCC1=O.CCC(C)N1CCCC1=O.CCC1(C)C(=O)[NH+]1C(C)C.CCCCSCC(C)C(=O)NCC(=O)O.CCCCSCC(C)C(=O)NCC(N)=O.CCCCSCC(C)C(N)=O.CCCCSCC(C)NC(C)=O. The minimum atomic E-state index is -1.01. The van der Waals surface area contributed by atoms with E-state index in [9.17, 15) is 47.9 Å². The number of quaternary nitrogens is 1. The molecule has 0 aromatic heterocycles. The zero-order chi connectivity index (χ0) is 72.7. The Kier molecular flexibility index (Phi) is 65.1. The maximum atomic E-state index is 11.4. The van der Waals surface area contributed by atoms with E-state index in [4.69, 9.17) is 16.6 Å². The van der Waals surface area contributed by atoms with Crippen LogP contribution in [0, 0.1) is 23.7 Å². The number of hydrogen-bond acceptors (Lipinski definition) is 14. The minimum Gasteiger partial charge on any atom is -0.480 e. The molecule has 10 N–H and O–H groups in total. The summed E-state index contributed by atoms with van der Waals surface area (Å²) in [5, 5.41) is 19.0. The molecule has 3 rings (SSSR count). The van der Waals surface area contributed by atoms with Gasteiger partial charge in [0.2, 0.25) is 52.8 Å². The Morgan fingerprint density at radius 3 is 1.17 bits per heavy atom. The number of amides is 9. The van der Waals surface area contributed by atoms with E-state index >= 15 is 0 Å². The average Bonchev–Trinajstić information content (AvgIpc) is 1.58. The fourth-order valence-corrected chi connectivity index (χ4v) is 12.9. The molecule has 9 amide bonds. The molecule has 3 aliphatic heterocycles. The van der Waals surface area contributed by atoms with Crippen LogP contribution in [0.25, 0.3) is 0 Å². The largest absolute Gasteiger partial charge is 0.480 e. The van der Waals surface area contributed by atoms with Crippen molar-refractivity contribution < 1.29 is 58.0 Å². The Balaban J connectivity index is -0.000000319. The van der Waals surface area contributed by atoms with Crippen molar-refractivity contribution in [1.82, 2.24) is 31.1 Å². The normalized spacial score (nSPS) is 17.4. The van der Waals surface area contributed by atoms with Crippen molar-refractivity contribution >= 4 is 106 Å². The maximum absolute atomic E-state index is 11.4. The van der Waals surface area contributed by atoms with Crippen LogP contribution in [0.3, 0.4) is 0 Å². The summed E-state index contributed by atoms with van der Waals surface area (Å²) in [5.41, 5.74) is 9.99. The number of thioether (sulfide) groups is 4. The van der Waals surface area contributed by atoms with Crippen LogP contribution in [0.2, 0.25) is 0 Å². The smallest absolute Gasteiger partial charge is 0.374 e. The Bertz CT molecular complexity index is 1950. The zero-order valence-corrected chi connectivity index (χ0v) is 65.5. The summed E-state index contributed by atoms with van der Waals surface area (Å²) in [7, 11) is 0. The summed E-state index contributed by atoms with van der Waals surface area (Å²) >= 11 is 7.24. The Labute approximate surface area is 583 Å². The molecule has 0 aromatic carbocycles. The fraction of sp³-hybridized carbons (Fsp3) is 0.855. The summed E-state index contributed by atoms with van der Waals surface area (Å²) in [5.74, 6) is 7.29. The molecule has 0 saturated carbocycles. The van der Waals surface area contributed by atoms with Crippen molar-refractivity contribution in [2.24, 2.45) is 35.1 Å². The van der Waals surface area contributed by atoms with Crippen molar-refractivity contribution in [3.63, 3.8) is 0 Å². The quantitative estimate of drug-likeness (QED) is 0.0212. The number of aliphatic carboxylic acids is 1. The molecule has 9 unspecified atom stereocenters. The molecule has 0 aromatic rings. The highest BCUT2D eigenvalue weighted by molar-refractivity contribution is 7.99. The zero-order valence-electron chi connectivity index (χ0n) is 62.2. The third-order valence-electron chi connectivity index (χ3n) is 15.2. The van der Waals surface area contributed by atoms with Crippen LogP contribution in [0.5, 0.6) is 0 Å². The number of nitrogens with zero attached hydrogens (tertiary/aromatic N) is 2. The number of hydrogen-bond donors (Lipinski definition) is 8. The van der Waals surface area contributed by atoms with Crippen molar-refractivity contribution in [2.45, 2.75) is 284 Å². The Morgan fingerprint density at radius 1 is 0.538 bits per heavy atom. The van der Waals surface area contributed by atoms with Crippen LogP contribution in [-0.4, -0.2) is 182 Å². The molecule has 3 saturated heterocycles. The number of carbonyl (C=O) groups excluding carboxylic acids is 9. The highest BCUT2D eigenvalue weighted by Gasteiger charge is 2.66. The number of carboxylic acids is 1. The van der Waals surface area contributed by atoms with Crippen molar-refractivity contribution in [3.8, 4) is 0 Å². The molecule has 0 aliphatic carbocycles. The van der Waals surface area contributed by atoms with Crippen molar-refractivity contribution in [2.75, 3.05) is 72.2 Å². The van der Waals surface area contributed by atoms with Gasteiger partial charge in [-0.05, 0) is 129 Å². The van der Waals surface area contributed by atoms with Gasteiger partial charge in [0.05, 0.1) is 12.6 Å². The van der Waals surface area contributed by atoms with E-state index in [2.05, 4.69) is 97.4 Å². The lowest BCUT2D eigenvalue weighted by Gasteiger charge is -2.22. The predicted octanol–water partition coefficient (Wildman–Crippen LogP) is 10.2. The average molecular weight is 1400 g/mol. The molecule has 24 heteroatoms. The molecular weight excluding hydrogens is 1260 g/mol. The molecule has 9 atom stereocenters. The molecule has 20 nitrogen and oxygen atoms in total. The first kappa shape index (κ1) is 97.9. The van der Waals surface area contributed by atoms with Crippen LogP contribution in [0.4, 0.5) is 0 Å². The number of rotatable bonds is 37. The lowest BCUT2D eigenvalue weighted by Crippen LogP contribution is -3.01. The third-order valence-corrected chi connectivity index (χ3v) is 20.5. The second-order valence-electron chi connectivity index (χ2n) is 25.2. The number of nitrogens with one attached hydrogen (secondary N) is 5.